The van der Waals surface area contributed by atoms with E-state index in [9.17, 15) is 0 Å². The van der Waals surface area contributed by atoms with Crippen molar-refractivity contribution < 1.29 is 0 Å². The maximum absolute atomic E-state index is 8.30. The average molecular weight is 454 g/mol. The van der Waals surface area contributed by atoms with E-state index in [1.807, 2.05) is 0 Å². The fourth-order valence-electron chi connectivity index (χ4n) is 5.01. The van der Waals surface area contributed by atoms with E-state index in [-0.39, 0.29) is 5.41 Å². The first-order valence-corrected chi connectivity index (χ1v) is 12.8. The van der Waals surface area contributed by atoms with Crippen molar-refractivity contribution in [1.29, 1.82) is 5.41 Å². The smallest absolute Gasteiger partial charge is 0.0261 e. The summed E-state index contributed by atoms with van der Waals surface area (Å²) < 4.78 is 0. The largest absolute Gasteiger partial charge is 0.308 e. The lowest BCUT2D eigenvalue weighted by Crippen LogP contribution is -2.08. The van der Waals surface area contributed by atoms with Crippen LogP contribution >= 0.6 is 11.8 Å². The van der Waals surface area contributed by atoms with E-state index in [2.05, 4.69) is 95.0 Å². The van der Waals surface area contributed by atoms with E-state index in [4.69, 9.17) is 5.41 Å². The van der Waals surface area contributed by atoms with Gasteiger partial charge in [0.05, 0.1) is 0 Å². The molecule has 2 aromatic rings. The van der Waals surface area contributed by atoms with E-state index in [1.54, 1.807) is 18.0 Å². The van der Waals surface area contributed by atoms with Crippen molar-refractivity contribution in [2.75, 3.05) is 0 Å². The van der Waals surface area contributed by atoms with Crippen molar-refractivity contribution in [3.8, 4) is 0 Å². The van der Waals surface area contributed by atoms with Crippen LogP contribution in [0.15, 0.2) is 87.7 Å². The third-order valence-electron chi connectivity index (χ3n) is 7.16. The van der Waals surface area contributed by atoms with Crippen molar-refractivity contribution in [3.05, 3.63) is 110 Å². The van der Waals surface area contributed by atoms with Gasteiger partial charge in [-0.3, -0.25) is 0 Å². The van der Waals surface area contributed by atoms with Gasteiger partial charge in [-0.1, -0.05) is 97.1 Å². The summed E-state index contributed by atoms with van der Waals surface area (Å²) >= 11 is 1.78. The summed E-state index contributed by atoms with van der Waals surface area (Å²) in [5, 5.41) is 8.30. The van der Waals surface area contributed by atoms with Crippen LogP contribution in [0.3, 0.4) is 0 Å². The number of allylic oxidation sites excluding steroid dienone is 5. The number of rotatable bonds is 9. The van der Waals surface area contributed by atoms with Crippen LogP contribution in [-0.2, 0) is 11.8 Å². The van der Waals surface area contributed by atoms with E-state index >= 15 is 0 Å². The molecule has 2 heteroatoms. The first-order chi connectivity index (χ1) is 15.9. The quantitative estimate of drug-likeness (QED) is 0.297. The monoisotopic (exact) mass is 453 g/mol. The van der Waals surface area contributed by atoms with E-state index in [0.717, 1.165) is 31.3 Å². The van der Waals surface area contributed by atoms with Gasteiger partial charge in [0.15, 0.2) is 0 Å². The molecule has 1 fully saturated rings. The topological polar surface area (TPSA) is 23.9 Å². The van der Waals surface area contributed by atoms with E-state index < -0.39 is 0 Å². The van der Waals surface area contributed by atoms with Gasteiger partial charge in [-0.05, 0) is 73.6 Å². The Kier molecular flexibility index (Phi) is 6.95. The molecular formula is C31H35NS. The molecule has 1 atom stereocenters. The highest BCUT2D eigenvalue weighted by Gasteiger charge is 2.47. The molecule has 170 valence electrons. The highest BCUT2D eigenvalue weighted by molar-refractivity contribution is 8.07. The van der Waals surface area contributed by atoms with Gasteiger partial charge in [0, 0.05) is 28.0 Å². The van der Waals surface area contributed by atoms with Crippen LogP contribution < -0.4 is 0 Å². The van der Waals surface area contributed by atoms with Crippen molar-refractivity contribution in [2.24, 2.45) is 0 Å². The summed E-state index contributed by atoms with van der Waals surface area (Å²) in [6.45, 7) is 13.3. The lowest BCUT2D eigenvalue weighted by atomic mass is 9.92. The Bertz CT molecular complexity index is 1150. The van der Waals surface area contributed by atoms with Crippen molar-refractivity contribution in [3.63, 3.8) is 0 Å². The molecule has 0 aromatic heterocycles. The molecule has 1 unspecified atom stereocenters. The van der Waals surface area contributed by atoms with Crippen LogP contribution in [0.4, 0.5) is 0 Å². The summed E-state index contributed by atoms with van der Waals surface area (Å²) in [5.41, 5.74) is 9.15. The molecule has 0 aliphatic heterocycles. The molecule has 1 nitrogen and oxygen atoms in total. The van der Waals surface area contributed by atoms with E-state index in [0.29, 0.717) is 5.92 Å². The lowest BCUT2D eigenvalue weighted by molar-refractivity contribution is 0.817. The summed E-state index contributed by atoms with van der Waals surface area (Å²) in [6, 6.07) is 17.5. The number of benzene rings is 2. The fraction of sp³-hybridized carbons (Fsp3) is 0.323. The molecule has 0 spiro atoms. The minimum absolute atomic E-state index is 0.0773. The van der Waals surface area contributed by atoms with Gasteiger partial charge in [-0.15, -0.1) is 0 Å². The molecule has 1 saturated carbocycles. The molecule has 0 amide bonds. The minimum Gasteiger partial charge on any atom is -0.308 e. The maximum Gasteiger partial charge on any atom is 0.0261 e. The molecule has 2 aliphatic rings. The fourth-order valence-corrected chi connectivity index (χ4v) is 6.32. The van der Waals surface area contributed by atoms with Gasteiger partial charge in [-0.2, -0.15) is 0 Å². The first kappa shape index (κ1) is 23.6. The van der Waals surface area contributed by atoms with Crippen LogP contribution in [0.25, 0.3) is 6.08 Å². The molecule has 0 radical (unpaired) electrons. The SMILES string of the molecule is C=C(SC(=C(C)C)/C(C=N)=C(\C)Cc1cccc2c1C=CC2CC)C1(c2ccccc2)CC1. The van der Waals surface area contributed by atoms with Gasteiger partial charge in [0.2, 0.25) is 0 Å². The normalized spacial score (nSPS) is 18.4. The summed E-state index contributed by atoms with van der Waals surface area (Å²) in [7, 11) is 0. The standard InChI is InChI=1S/C31H35NS/c1-6-24-15-16-28-25(11-10-14-27(24)28)19-22(4)29(20-32)30(21(2)3)33-23(5)31(17-18-31)26-12-8-7-9-13-26/h7-16,20,24,32H,5-6,17-19H2,1-4H3/b29-22+,32-20?. The second-order valence-corrected chi connectivity index (χ2v) is 10.7. The van der Waals surface area contributed by atoms with Gasteiger partial charge in [0.25, 0.3) is 0 Å². The number of hydrogen-bond donors (Lipinski definition) is 1. The van der Waals surface area contributed by atoms with Crippen LogP contribution in [-0.4, -0.2) is 6.21 Å². The summed E-state index contributed by atoms with van der Waals surface area (Å²) in [4.78, 5) is 2.38. The summed E-state index contributed by atoms with van der Waals surface area (Å²) in [5.74, 6) is 0.534. The zero-order valence-corrected chi connectivity index (χ0v) is 21.2. The Hall–Kier alpha value is -2.58. The Morgan fingerprint density at radius 2 is 1.82 bits per heavy atom. The first-order valence-electron chi connectivity index (χ1n) is 12.0. The summed E-state index contributed by atoms with van der Waals surface area (Å²) in [6.07, 6.45) is 10.5. The molecular weight excluding hydrogens is 418 g/mol. The second kappa shape index (κ2) is 9.73. The van der Waals surface area contributed by atoms with Crippen LogP contribution in [0, 0.1) is 5.41 Å². The number of hydrogen-bond acceptors (Lipinski definition) is 2. The Labute approximate surface area is 203 Å². The molecule has 2 aromatic carbocycles. The molecule has 1 N–H and O–H groups in total. The number of fused-ring (bicyclic) bond motifs is 1. The van der Waals surface area contributed by atoms with Gasteiger partial charge in [0.1, 0.15) is 0 Å². The lowest BCUT2D eigenvalue weighted by Gasteiger charge is -2.22. The van der Waals surface area contributed by atoms with Gasteiger partial charge in [-0.25, -0.2) is 0 Å². The van der Waals surface area contributed by atoms with Crippen molar-refractivity contribution in [1.82, 2.24) is 0 Å². The molecule has 33 heavy (non-hydrogen) atoms. The highest BCUT2D eigenvalue weighted by atomic mass is 32.2. The van der Waals surface area contributed by atoms with Crippen LogP contribution in [0.2, 0.25) is 0 Å². The Morgan fingerprint density at radius 1 is 1.09 bits per heavy atom. The Morgan fingerprint density at radius 3 is 2.42 bits per heavy atom. The third kappa shape index (κ3) is 4.59. The number of nitrogens with one attached hydrogen (secondary N) is 1. The predicted molar refractivity (Wildman–Crippen MR) is 146 cm³/mol. The highest BCUT2D eigenvalue weighted by Crippen LogP contribution is 2.58. The van der Waals surface area contributed by atoms with E-state index in [1.165, 1.54) is 43.2 Å². The third-order valence-corrected chi connectivity index (χ3v) is 8.63. The van der Waals surface area contributed by atoms with Crippen LogP contribution in [0.1, 0.15) is 75.1 Å². The minimum atomic E-state index is 0.0773. The number of thioether (sulfide) groups is 1. The molecule has 0 heterocycles. The predicted octanol–water partition coefficient (Wildman–Crippen LogP) is 8.99. The van der Waals surface area contributed by atoms with Crippen LogP contribution in [0.5, 0.6) is 0 Å². The second-order valence-electron chi connectivity index (χ2n) is 9.61. The van der Waals surface area contributed by atoms with Crippen molar-refractivity contribution >= 4 is 24.1 Å². The van der Waals surface area contributed by atoms with Gasteiger partial charge < -0.3 is 5.41 Å². The molecule has 4 rings (SSSR count). The zero-order valence-electron chi connectivity index (χ0n) is 20.4. The Balaban J connectivity index is 1.62. The van der Waals surface area contributed by atoms with Gasteiger partial charge >= 0.3 is 0 Å². The molecule has 2 aliphatic carbocycles. The van der Waals surface area contributed by atoms with Crippen molar-refractivity contribution in [2.45, 2.75) is 64.7 Å². The maximum atomic E-state index is 8.30. The zero-order chi connectivity index (χ0) is 23.6. The molecule has 0 saturated heterocycles. The average Bonchev–Trinajstić information content (AvgIpc) is 3.53. The molecule has 0 bridgehead atoms.